The Morgan fingerprint density at radius 3 is 2.06 bits per heavy atom. The first-order valence-electron chi connectivity index (χ1n) is 4.98. The number of hydrogen-bond donors (Lipinski definition) is 4. The smallest absolute Gasteiger partial charge is 0.334 e. The van der Waals surface area contributed by atoms with Crippen LogP contribution < -0.4 is 11.1 Å². The summed E-state index contributed by atoms with van der Waals surface area (Å²) in [6.07, 6.45) is -1.60. The summed E-state index contributed by atoms with van der Waals surface area (Å²) in [7, 11) is 0. The van der Waals surface area contributed by atoms with Crippen molar-refractivity contribution < 1.29 is 19.8 Å². The number of aliphatic carboxylic acids is 1. The molecular formula is C10H20N2O4. The van der Waals surface area contributed by atoms with Crippen LogP contribution in [-0.2, 0) is 9.59 Å². The number of nitrogens with one attached hydrogen (secondary N) is 1. The van der Waals surface area contributed by atoms with Gasteiger partial charge in [0.25, 0.3) is 0 Å². The number of rotatable bonds is 5. The van der Waals surface area contributed by atoms with Crippen LogP contribution in [0.5, 0.6) is 0 Å². The first-order valence-corrected chi connectivity index (χ1v) is 4.98. The number of carboxylic acids is 1. The average Bonchev–Trinajstić information content (AvgIpc) is 2.11. The van der Waals surface area contributed by atoms with Crippen molar-refractivity contribution in [1.82, 2.24) is 5.32 Å². The lowest BCUT2D eigenvalue weighted by atomic mass is 9.74. The average molecular weight is 232 g/mol. The molecule has 6 heteroatoms. The largest absolute Gasteiger partial charge is 0.479 e. The SMILES string of the molecule is CC(C)(N)C(C)(C)C(=O)NC[C@H](O)C(=O)O. The first kappa shape index (κ1) is 14.9. The Labute approximate surface area is 94.8 Å². The lowest BCUT2D eigenvalue weighted by Gasteiger charge is -2.37. The van der Waals surface area contributed by atoms with Gasteiger partial charge in [-0.05, 0) is 27.7 Å². The summed E-state index contributed by atoms with van der Waals surface area (Å²) in [5.74, 6) is -1.76. The van der Waals surface area contributed by atoms with Crippen molar-refractivity contribution in [1.29, 1.82) is 0 Å². The van der Waals surface area contributed by atoms with Gasteiger partial charge in [0.1, 0.15) is 0 Å². The van der Waals surface area contributed by atoms with Crippen molar-refractivity contribution in [3.63, 3.8) is 0 Å². The molecular weight excluding hydrogens is 212 g/mol. The minimum atomic E-state index is -1.60. The molecule has 0 fully saturated rings. The minimum absolute atomic E-state index is 0.326. The molecule has 6 nitrogen and oxygen atoms in total. The van der Waals surface area contributed by atoms with Gasteiger partial charge in [-0.25, -0.2) is 4.79 Å². The van der Waals surface area contributed by atoms with E-state index in [-0.39, 0.29) is 12.5 Å². The van der Waals surface area contributed by atoms with E-state index in [1.807, 2.05) is 0 Å². The van der Waals surface area contributed by atoms with Gasteiger partial charge in [0.2, 0.25) is 5.91 Å². The maximum absolute atomic E-state index is 11.7. The van der Waals surface area contributed by atoms with E-state index < -0.39 is 23.0 Å². The summed E-state index contributed by atoms with van der Waals surface area (Å²) in [6, 6.07) is 0. The maximum atomic E-state index is 11.7. The van der Waals surface area contributed by atoms with Crippen molar-refractivity contribution in [2.24, 2.45) is 11.1 Å². The first-order chi connectivity index (χ1) is 7.00. The molecule has 0 aliphatic carbocycles. The quantitative estimate of drug-likeness (QED) is 0.501. The Kier molecular flexibility index (Phi) is 4.45. The van der Waals surface area contributed by atoms with Crippen LogP contribution in [0.25, 0.3) is 0 Å². The molecule has 0 aromatic heterocycles. The molecule has 0 saturated heterocycles. The van der Waals surface area contributed by atoms with Crippen LogP contribution in [-0.4, -0.2) is 40.3 Å². The normalized spacial score (nSPS) is 14.4. The molecule has 0 bridgehead atoms. The predicted molar refractivity (Wildman–Crippen MR) is 58.7 cm³/mol. The third-order valence-corrected chi connectivity index (χ3v) is 2.92. The molecule has 94 valence electrons. The number of carbonyl (C=O) groups is 2. The second kappa shape index (κ2) is 4.80. The van der Waals surface area contributed by atoms with Crippen LogP contribution in [0.4, 0.5) is 0 Å². The van der Waals surface area contributed by atoms with E-state index in [2.05, 4.69) is 5.32 Å². The van der Waals surface area contributed by atoms with E-state index >= 15 is 0 Å². The summed E-state index contributed by atoms with van der Waals surface area (Å²) in [4.78, 5) is 22.1. The third kappa shape index (κ3) is 3.46. The van der Waals surface area contributed by atoms with Crippen molar-refractivity contribution >= 4 is 11.9 Å². The van der Waals surface area contributed by atoms with Crippen LogP contribution in [0.3, 0.4) is 0 Å². The number of aliphatic hydroxyl groups excluding tert-OH is 1. The van der Waals surface area contributed by atoms with Gasteiger partial charge >= 0.3 is 5.97 Å². The molecule has 5 N–H and O–H groups in total. The fraction of sp³-hybridized carbons (Fsp3) is 0.800. The van der Waals surface area contributed by atoms with Crippen molar-refractivity contribution in [2.45, 2.75) is 39.3 Å². The van der Waals surface area contributed by atoms with E-state index in [1.54, 1.807) is 27.7 Å². The highest BCUT2D eigenvalue weighted by atomic mass is 16.4. The van der Waals surface area contributed by atoms with Crippen LogP contribution in [0.1, 0.15) is 27.7 Å². The Bertz CT molecular complexity index is 281. The van der Waals surface area contributed by atoms with Crippen molar-refractivity contribution in [3.8, 4) is 0 Å². The van der Waals surface area contributed by atoms with E-state index in [9.17, 15) is 9.59 Å². The number of hydrogen-bond acceptors (Lipinski definition) is 4. The second-order valence-electron chi connectivity index (χ2n) is 4.91. The van der Waals surface area contributed by atoms with Gasteiger partial charge in [-0.1, -0.05) is 0 Å². The van der Waals surface area contributed by atoms with Crippen molar-refractivity contribution in [2.75, 3.05) is 6.54 Å². The van der Waals surface area contributed by atoms with Gasteiger partial charge < -0.3 is 21.3 Å². The van der Waals surface area contributed by atoms with E-state index in [0.717, 1.165) is 0 Å². The summed E-state index contributed by atoms with van der Waals surface area (Å²) in [6.45, 7) is 6.42. The second-order valence-corrected chi connectivity index (χ2v) is 4.91. The summed E-state index contributed by atoms with van der Waals surface area (Å²) in [5.41, 5.74) is 4.24. The molecule has 0 unspecified atom stereocenters. The van der Waals surface area contributed by atoms with Crippen LogP contribution >= 0.6 is 0 Å². The predicted octanol–water partition coefficient (Wildman–Crippen LogP) is -0.688. The lowest BCUT2D eigenvalue weighted by molar-refractivity contribution is -0.146. The van der Waals surface area contributed by atoms with Crippen LogP contribution in [0.15, 0.2) is 0 Å². The molecule has 0 saturated carbocycles. The highest BCUT2D eigenvalue weighted by Gasteiger charge is 2.40. The molecule has 1 atom stereocenters. The van der Waals surface area contributed by atoms with E-state index in [4.69, 9.17) is 15.9 Å². The molecule has 0 aliphatic heterocycles. The van der Waals surface area contributed by atoms with Crippen LogP contribution in [0, 0.1) is 5.41 Å². The molecule has 16 heavy (non-hydrogen) atoms. The number of carbonyl (C=O) groups excluding carboxylic acids is 1. The molecule has 0 radical (unpaired) electrons. The van der Waals surface area contributed by atoms with Crippen molar-refractivity contribution in [3.05, 3.63) is 0 Å². The lowest BCUT2D eigenvalue weighted by Crippen LogP contribution is -2.56. The Balaban J connectivity index is 4.44. The number of amides is 1. The molecule has 0 spiro atoms. The monoisotopic (exact) mass is 232 g/mol. The molecule has 0 aromatic rings. The Hall–Kier alpha value is -1.14. The summed E-state index contributed by atoms with van der Waals surface area (Å²) in [5, 5.41) is 19.8. The molecule has 0 aromatic carbocycles. The third-order valence-electron chi connectivity index (χ3n) is 2.92. The molecule has 1 amide bonds. The van der Waals surface area contributed by atoms with Crippen LogP contribution in [0.2, 0.25) is 0 Å². The zero-order valence-corrected chi connectivity index (χ0v) is 10.1. The highest BCUT2D eigenvalue weighted by molar-refractivity contribution is 5.84. The fourth-order valence-electron chi connectivity index (χ4n) is 0.790. The van der Waals surface area contributed by atoms with Gasteiger partial charge in [-0.3, -0.25) is 4.79 Å². The summed E-state index contributed by atoms with van der Waals surface area (Å²) < 4.78 is 0. The minimum Gasteiger partial charge on any atom is -0.479 e. The van der Waals surface area contributed by atoms with Gasteiger partial charge in [0.05, 0.1) is 12.0 Å². The van der Waals surface area contributed by atoms with Gasteiger partial charge in [-0.15, -0.1) is 0 Å². The zero-order chi connectivity index (χ0) is 13.1. The van der Waals surface area contributed by atoms with E-state index in [0.29, 0.717) is 0 Å². The van der Waals surface area contributed by atoms with E-state index in [1.165, 1.54) is 0 Å². The topological polar surface area (TPSA) is 113 Å². The van der Waals surface area contributed by atoms with Gasteiger partial charge in [0.15, 0.2) is 6.10 Å². The zero-order valence-electron chi connectivity index (χ0n) is 10.1. The molecule has 0 heterocycles. The molecule has 0 rings (SSSR count). The molecule has 0 aliphatic rings. The maximum Gasteiger partial charge on any atom is 0.334 e. The fourth-order valence-corrected chi connectivity index (χ4v) is 0.790. The van der Waals surface area contributed by atoms with Gasteiger partial charge in [-0.2, -0.15) is 0 Å². The number of nitrogens with two attached hydrogens (primary N) is 1. The highest BCUT2D eigenvalue weighted by Crippen LogP contribution is 2.28. The Morgan fingerprint density at radius 2 is 1.75 bits per heavy atom. The Morgan fingerprint density at radius 1 is 1.31 bits per heavy atom. The number of carboxylic acid groups (broad SMARTS) is 1. The standard InChI is InChI=1S/C10H20N2O4/c1-9(2,10(3,4)11)8(16)12-5-6(13)7(14)15/h6,13H,5,11H2,1-4H3,(H,12,16)(H,14,15)/t6-/m0/s1. The number of aliphatic hydroxyl groups is 1. The summed E-state index contributed by atoms with van der Waals surface area (Å²) >= 11 is 0. The van der Waals surface area contributed by atoms with Gasteiger partial charge in [0, 0.05) is 5.54 Å².